The van der Waals surface area contributed by atoms with Crippen LogP contribution in [0.5, 0.6) is 0 Å². The summed E-state index contributed by atoms with van der Waals surface area (Å²) < 4.78 is 0. The minimum absolute atomic E-state index is 0.0664. The Labute approximate surface area is 114 Å². The maximum Gasteiger partial charge on any atom is 0.292 e. The molecule has 7 heteroatoms. The van der Waals surface area contributed by atoms with Crippen LogP contribution in [0.1, 0.15) is 11.3 Å². The van der Waals surface area contributed by atoms with Crippen molar-refractivity contribution >= 4 is 23.1 Å². The summed E-state index contributed by atoms with van der Waals surface area (Å²) in [4.78, 5) is 18.7. The third-order valence-electron chi connectivity index (χ3n) is 2.43. The zero-order chi connectivity index (χ0) is 13.8. The van der Waals surface area contributed by atoms with Gasteiger partial charge in [0.15, 0.2) is 5.16 Å². The first-order valence-electron chi connectivity index (χ1n) is 5.51. The topological polar surface area (TPSA) is 94.9 Å². The maximum atomic E-state index is 10.8. The molecule has 1 heterocycles. The molecule has 2 aromatic rings. The van der Waals surface area contributed by atoms with Gasteiger partial charge in [-0.3, -0.25) is 10.1 Å². The Kier molecular flexibility index (Phi) is 3.96. The molecule has 1 aromatic carbocycles. The second kappa shape index (κ2) is 5.66. The molecule has 0 bridgehead atoms. The average Bonchev–Trinajstić information content (AvgIpc) is 2.37. The van der Waals surface area contributed by atoms with Gasteiger partial charge >= 0.3 is 0 Å². The van der Waals surface area contributed by atoms with Crippen molar-refractivity contribution in [2.75, 3.05) is 5.73 Å². The van der Waals surface area contributed by atoms with E-state index in [1.54, 1.807) is 18.3 Å². The monoisotopic (exact) mass is 276 g/mol. The number of rotatable bonds is 4. The standard InChI is InChI=1S/C12H12N4O2S/c1-8-4-5-14-12(15-8)19-7-9-2-3-10(13)11(6-9)16(17)18/h2-6H,7,13H2,1H3. The largest absolute Gasteiger partial charge is 0.393 e. The molecule has 0 atom stereocenters. The van der Waals surface area contributed by atoms with Gasteiger partial charge in [0.05, 0.1) is 4.92 Å². The predicted molar refractivity (Wildman–Crippen MR) is 73.8 cm³/mol. The molecule has 0 aliphatic rings. The number of nitro benzene ring substituents is 1. The van der Waals surface area contributed by atoms with Gasteiger partial charge in [0.2, 0.25) is 0 Å². The van der Waals surface area contributed by atoms with Crippen LogP contribution >= 0.6 is 11.8 Å². The summed E-state index contributed by atoms with van der Waals surface area (Å²) in [5.41, 5.74) is 7.36. The molecule has 0 spiro atoms. The molecule has 0 aliphatic heterocycles. The molecule has 0 saturated heterocycles. The van der Waals surface area contributed by atoms with Gasteiger partial charge in [0.25, 0.3) is 5.69 Å². The van der Waals surface area contributed by atoms with Gasteiger partial charge in [-0.1, -0.05) is 17.8 Å². The second-order valence-electron chi connectivity index (χ2n) is 3.92. The van der Waals surface area contributed by atoms with Crippen molar-refractivity contribution in [1.29, 1.82) is 0 Å². The Morgan fingerprint density at radius 2 is 2.21 bits per heavy atom. The molecule has 0 saturated carbocycles. The van der Waals surface area contributed by atoms with Crippen molar-refractivity contribution in [3.63, 3.8) is 0 Å². The molecular formula is C12H12N4O2S. The lowest BCUT2D eigenvalue weighted by molar-refractivity contribution is -0.383. The molecule has 0 fully saturated rings. The molecule has 0 unspecified atom stereocenters. The van der Waals surface area contributed by atoms with Crippen LogP contribution in [0.4, 0.5) is 11.4 Å². The Bertz CT molecular complexity index is 618. The Balaban J connectivity index is 2.12. The van der Waals surface area contributed by atoms with Gasteiger partial charge in [0, 0.05) is 23.7 Å². The van der Waals surface area contributed by atoms with Crippen molar-refractivity contribution < 1.29 is 4.92 Å². The summed E-state index contributed by atoms with van der Waals surface area (Å²) in [6, 6.07) is 6.62. The third kappa shape index (κ3) is 3.41. The first-order chi connectivity index (χ1) is 9.06. The summed E-state index contributed by atoms with van der Waals surface area (Å²) in [7, 11) is 0. The number of hydrogen-bond acceptors (Lipinski definition) is 6. The van der Waals surface area contributed by atoms with Crippen molar-refractivity contribution in [3.05, 3.63) is 51.8 Å². The van der Waals surface area contributed by atoms with Crippen LogP contribution in [0.15, 0.2) is 35.6 Å². The van der Waals surface area contributed by atoms with E-state index in [2.05, 4.69) is 9.97 Å². The van der Waals surface area contributed by atoms with Crippen molar-refractivity contribution in [2.45, 2.75) is 17.8 Å². The number of aromatic nitrogens is 2. The van der Waals surface area contributed by atoms with Crippen molar-refractivity contribution in [1.82, 2.24) is 9.97 Å². The lowest BCUT2D eigenvalue weighted by Crippen LogP contribution is -1.96. The van der Waals surface area contributed by atoms with E-state index in [-0.39, 0.29) is 11.4 Å². The highest BCUT2D eigenvalue weighted by atomic mass is 32.2. The van der Waals surface area contributed by atoms with Crippen LogP contribution in [0.25, 0.3) is 0 Å². The van der Waals surface area contributed by atoms with Crippen molar-refractivity contribution in [2.24, 2.45) is 0 Å². The van der Waals surface area contributed by atoms with E-state index in [0.717, 1.165) is 11.3 Å². The number of hydrogen-bond donors (Lipinski definition) is 1. The second-order valence-corrected chi connectivity index (χ2v) is 4.86. The van der Waals surface area contributed by atoms with Gasteiger partial charge in [-0.25, -0.2) is 9.97 Å². The quantitative estimate of drug-likeness (QED) is 0.303. The van der Waals surface area contributed by atoms with Gasteiger partial charge in [-0.15, -0.1) is 0 Å². The summed E-state index contributed by atoms with van der Waals surface area (Å²) in [6.45, 7) is 1.89. The highest BCUT2D eigenvalue weighted by molar-refractivity contribution is 7.98. The molecular weight excluding hydrogens is 264 g/mol. The van der Waals surface area contributed by atoms with E-state index in [9.17, 15) is 10.1 Å². The van der Waals surface area contributed by atoms with E-state index in [4.69, 9.17) is 5.73 Å². The predicted octanol–water partition coefficient (Wildman–Crippen LogP) is 2.57. The SMILES string of the molecule is Cc1ccnc(SCc2ccc(N)c([N+](=O)[O-])c2)n1. The molecule has 2 rings (SSSR count). The minimum Gasteiger partial charge on any atom is -0.393 e. The number of thioether (sulfide) groups is 1. The van der Waals surface area contributed by atoms with E-state index in [1.165, 1.54) is 17.8 Å². The summed E-state index contributed by atoms with van der Waals surface area (Å²) in [5.74, 6) is 0.560. The minimum atomic E-state index is -0.479. The zero-order valence-electron chi connectivity index (χ0n) is 10.2. The molecule has 98 valence electrons. The lowest BCUT2D eigenvalue weighted by Gasteiger charge is -2.03. The van der Waals surface area contributed by atoms with Crippen molar-refractivity contribution in [3.8, 4) is 0 Å². The molecule has 2 N–H and O–H groups in total. The first kappa shape index (κ1) is 13.3. The maximum absolute atomic E-state index is 10.8. The number of nitrogens with zero attached hydrogens (tertiary/aromatic N) is 3. The Hall–Kier alpha value is -2.15. The number of nitro groups is 1. The lowest BCUT2D eigenvalue weighted by atomic mass is 10.2. The number of benzene rings is 1. The number of nitrogen functional groups attached to an aromatic ring is 1. The van der Waals surface area contributed by atoms with E-state index < -0.39 is 4.92 Å². The van der Waals surface area contributed by atoms with Crippen LogP contribution in [0.2, 0.25) is 0 Å². The Morgan fingerprint density at radius 3 is 2.89 bits per heavy atom. The van der Waals surface area contributed by atoms with E-state index in [1.807, 2.05) is 13.0 Å². The molecule has 19 heavy (non-hydrogen) atoms. The van der Waals surface area contributed by atoms with Gasteiger partial charge < -0.3 is 5.73 Å². The van der Waals surface area contributed by atoms with E-state index in [0.29, 0.717) is 10.9 Å². The fraction of sp³-hybridized carbons (Fsp3) is 0.167. The number of anilines is 1. The van der Waals surface area contributed by atoms with Crippen LogP contribution in [0, 0.1) is 17.0 Å². The summed E-state index contributed by atoms with van der Waals surface area (Å²) in [6.07, 6.45) is 1.69. The van der Waals surface area contributed by atoms with Gasteiger partial charge in [0.1, 0.15) is 5.69 Å². The van der Waals surface area contributed by atoms with Crippen LogP contribution in [0.3, 0.4) is 0 Å². The first-order valence-corrected chi connectivity index (χ1v) is 6.50. The van der Waals surface area contributed by atoms with Crippen LogP contribution in [-0.4, -0.2) is 14.9 Å². The summed E-state index contributed by atoms with van der Waals surface area (Å²) >= 11 is 1.43. The highest BCUT2D eigenvalue weighted by Gasteiger charge is 2.12. The molecule has 1 aromatic heterocycles. The van der Waals surface area contributed by atoms with Gasteiger partial charge in [-0.2, -0.15) is 0 Å². The fourth-order valence-electron chi connectivity index (χ4n) is 1.48. The van der Waals surface area contributed by atoms with Crippen LogP contribution in [-0.2, 0) is 5.75 Å². The molecule has 0 aliphatic carbocycles. The Morgan fingerprint density at radius 1 is 1.42 bits per heavy atom. The van der Waals surface area contributed by atoms with E-state index >= 15 is 0 Å². The highest BCUT2D eigenvalue weighted by Crippen LogP contribution is 2.26. The summed E-state index contributed by atoms with van der Waals surface area (Å²) in [5, 5.41) is 11.4. The molecule has 0 radical (unpaired) electrons. The third-order valence-corrected chi connectivity index (χ3v) is 3.36. The normalized spacial score (nSPS) is 10.4. The fourth-order valence-corrected chi connectivity index (χ4v) is 2.30. The molecule has 0 amide bonds. The van der Waals surface area contributed by atoms with Gasteiger partial charge in [-0.05, 0) is 24.6 Å². The average molecular weight is 276 g/mol. The number of nitrogens with two attached hydrogens (primary N) is 1. The number of aryl methyl sites for hydroxylation is 1. The molecule has 6 nitrogen and oxygen atoms in total. The zero-order valence-corrected chi connectivity index (χ0v) is 11.1. The van der Waals surface area contributed by atoms with Crippen LogP contribution < -0.4 is 5.73 Å². The smallest absolute Gasteiger partial charge is 0.292 e.